The van der Waals surface area contributed by atoms with Crippen molar-refractivity contribution in [3.05, 3.63) is 60.2 Å². The number of carbonyl (C=O) groups is 1. The molecule has 4 rings (SSSR count). The highest BCUT2D eigenvalue weighted by atomic mass is 16.3. The van der Waals surface area contributed by atoms with Crippen LogP contribution in [-0.4, -0.2) is 23.4 Å². The predicted octanol–water partition coefficient (Wildman–Crippen LogP) is 3.16. The molecule has 2 N–H and O–H groups in total. The van der Waals surface area contributed by atoms with Crippen molar-refractivity contribution in [1.82, 2.24) is 4.90 Å². The van der Waals surface area contributed by atoms with E-state index in [4.69, 9.17) is 10.2 Å². The van der Waals surface area contributed by atoms with Crippen LogP contribution in [0, 0.1) is 0 Å². The van der Waals surface area contributed by atoms with Crippen LogP contribution in [0.1, 0.15) is 12.0 Å². The largest absolute Gasteiger partial charge is 0.456 e. The van der Waals surface area contributed by atoms with Gasteiger partial charge in [-0.3, -0.25) is 9.69 Å². The minimum Gasteiger partial charge on any atom is -0.456 e. The number of benzene rings is 2. The Morgan fingerprint density at radius 1 is 1.17 bits per heavy atom. The molecule has 0 aliphatic carbocycles. The molecule has 1 aliphatic heterocycles. The first kappa shape index (κ1) is 14.0. The van der Waals surface area contributed by atoms with Crippen molar-refractivity contribution in [2.45, 2.75) is 19.0 Å². The molecule has 0 bridgehead atoms. The summed E-state index contributed by atoms with van der Waals surface area (Å²) >= 11 is 0. The molecular formula is C19H18N2O2. The molecule has 1 fully saturated rings. The quantitative estimate of drug-likeness (QED) is 0.805. The van der Waals surface area contributed by atoms with E-state index in [1.165, 1.54) is 5.56 Å². The van der Waals surface area contributed by atoms with Crippen LogP contribution in [0.25, 0.3) is 22.3 Å². The third kappa shape index (κ3) is 2.62. The monoisotopic (exact) mass is 306 g/mol. The van der Waals surface area contributed by atoms with Crippen molar-refractivity contribution >= 4 is 16.9 Å². The summed E-state index contributed by atoms with van der Waals surface area (Å²) in [7, 11) is 0. The molecule has 2 heterocycles. The Balaban J connectivity index is 1.60. The summed E-state index contributed by atoms with van der Waals surface area (Å²) in [4.78, 5) is 13.4. The van der Waals surface area contributed by atoms with Crippen LogP contribution in [0.2, 0.25) is 0 Å². The fourth-order valence-corrected chi connectivity index (χ4v) is 3.12. The summed E-state index contributed by atoms with van der Waals surface area (Å²) in [6.07, 6.45) is 0.863. The van der Waals surface area contributed by atoms with Gasteiger partial charge in [0.1, 0.15) is 11.3 Å². The number of hydrogen-bond acceptors (Lipinski definition) is 3. The second kappa shape index (κ2) is 5.56. The maximum absolute atomic E-state index is 11.3. The highest BCUT2D eigenvalue weighted by Gasteiger charge is 2.32. The van der Waals surface area contributed by atoms with Crippen LogP contribution in [-0.2, 0) is 11.3 Å². The van der Waals surface area contributed by atoms with Crippen molar-refractivity contribution in [2.24, 2.45) is 5.73 Å². The van der Waals surface area contributed by atoms with Gasteiger partial charge in [-0.2, -0.15) is 0 Å². The molecule has 3 aromatic rings. The first-order valence-corrected chi connectivity index (χ1v) is 7.82. The zero-order valence-electron chi connectivity index (χ0n) is 12.7. The first-order chi connectivity index (χ1) is 11.2. The molecule has 116 valence electrons. The molecule has 23 heavy (non-hydrogen) atoms. The van der Waals surface area contributed by atoms with E-state index in [0.717, 1.165) is 41.8 Å². The molecule has 0 radical (unpaired) electrons. The van der Waals surface area contributed by atoms with E-state index < -0.39 is 0 Å². The van der Waals surface area contributed by atoms with Gasteiger partial charge in [-0.05, 0) is 30.2 Å². The van der Waals surface area contributed by atoms with E-state index in [-0.39, 0.29) is 11.9 Å². The van der Waals surface area contributed by atoms with E-state index in [2.05, 4.69) is 23.1 Å². The average molecular weight is 306 g/mol. The van der Waals surface area contributed by atoms with Crippen LogP contribution >= 0.6 is 0 Å². The molecule has 1 unspecified atom stereocenters. The average Bonchev–Trinajstić information content (AvgIpc) is 2.95. The number of amides is 1. The number of fused-ring (bicyclic) bond motifs is 1. The summed E-state index contributed by atoms with van der Waals surface area (Å²) < 4.78 is 5.93. The van der Waals surface area contributed by atoms with Crippen molar-refractivity contribution in [3.63, 3.8) is 0 Å². The number of nitrogens with zero attached hydrogens (tertiary/aromatic N) is 1. The minimum absolute atomic E-state index is 0.116. The lowest BCUT2D eigenvalue weighted by Gasteiger charge is -2.38. The van der Waals surface area contributed by atoms with Gasteiger partial charge in [-0.25, -0.2) is 0 Å². The highest BCUT2D eigenvalue weighted by molar-refractivity contribution is 5.83. The van der Waals surface area contributed by atoms with Crippen molar-refractivity contribution in [1.29, 1.82) is 0 Å². The molecule has 2 aromatic carbocycles. The fourth-order valence-electron chi connectivity index (χ4n) is 3.12. The highest BCUT2D eigenvalue weighted by Crippen LogP contribution is 2.29. The molecule has 1 amide bonds. The van der Waals surface area contributed by atoms with Gasteiger partial charge < -0.3 is 10.2 Å². The second-order valence-corrected chi connectivity index (χ2v) is 6.03. The fraction of sp³-hybridized carbons (Fsp3) is 0.211. The number of furan rings is 1. The molecule has 1 atom stereocenters. The third-order valence-electron chi connectivity index (χ3n) is 4.48. The van der Waals surface area contributed by atoms with E-state index in [0.29, 0.717) is 0 Å². The van der Waals surface area contributed by atoms with Crippen LogP contribution in [0.4, 0.5) is 0 Å². The van der Waals surface area contributed by atoms with Gasteiger partial charge >= 0.3 is 0 Å². The summed E-state index contributed by atoms with van der Waals surface area (Å²) in [5.74, 6) is 0.642. The predicted molar refractivity (Wildman–Crippen MR) is 89.7 cm³/mol. The number of nitrogens with two attached hydrogens (primary N) is 1. The number of rotatable bonds is 4. The summed E-state index contributed by atoms with van der Waals surface area (Å²) in [5, 5.41) is 1.08. The Morgan fingerprint density at radius 3 is 2.70 bits per heavy atom. The number of carbonyl (C=O) groups excluding carboxylic acids is 1. The first-order valence-electron chi connectivity index (χ1n) is 7.82. The van der Waals surface area contributed by atoms with Crippen LogP contribution < -0.4 is 5.73 Å². The lowest BCUT2D eigenvalue weighted by atomic mass is 10.0. The topological polar surface area (TPSA) is 59.5 Å². The molecular weight excluding hydrogens is 288 g/mol. The molecule has 4 nitrogen and oxygen atoms in total. The van der Waals surface area contributed by atoms with Gasteiger partial charge in [0.15, 0.2) is 0 Å². The number of likely N-dealkylation sites (tertiary alicyclic amines) is 1. The van der Waals surface area contributed by atoms with Crippen molar-refractivity contribution in [2.75, 3.05) is 6.54 Å². The van der Waals surface area contributed by atoms with Crippen LogP contribution in [0.15, 0.2) is 59.0 Å². The normalized spacial score (nSPS) is 18.0. The Morgan fingerprint density at radius 2 is 2.00 bits per heavy atom. The SMILES string of the molecule is NC(=O)C1CCN1Cc1ccc2oc(-c3ccccc3)cc2c1. The van der Waals surface area contributed by atoms with Gasteiger partial charge in [-0.15, -0.1) is 0 Å². The lowest BCUT2D eigenvalue weighted by Crippen LogP contribution is -2.54. The van der Waals surface area contributed by atoms with E-state index in [9.17, 15) is 4.79 Å². The maximum Gasteiger partial charge on any atom is 0.234 e. The number of hydrogen-bond donors (Lipinski definition) is 1. The van der Waals surface area contributed by atoms with Gasteiger partial charge in [0, 0.05) is 24.0 Å². The molecule has 4 heteroatoms. The Bertz CT molecular complexity index is 854. The van der Waals surface area contributed by atoms with Gasteiger partial charge in [0.05, 0.1) is 6.04 Å². The van der Waals surface area contributed by atoms with Crippen molar-refractivity contribution < 1.29 is 9.21 Å². The number of primary amides is 1. The Hall–Kier alpha value is -2.59. The second-order valence-electron chi connectivity index (χ2n) is 6.03. The zero-order chi connectivity index (χ0) is 15.8. The molecule has 0 spiro atoms. The Kier molecular flexibility index (Phi) is 3.39. The standard InChI is InChI=1S/C19H18N2O2/c20-19(22)16-8-9-21(16)12-13-6-7-17-15(10-13)11-18(23-17)14-4-2-1-3-5-14/h1-7,10-11,16H,8-9,12H2,(H2,20,22). The van der Waals surface area contributed by atoms with E-state index in [1.54, 1.807) is 0 Å². The van der Waals surface area contributed by atoms with Crippen LogP contribution in [0.3, 0.4) is 0 Å². The zero-order valence-corrected chi connectivity index (χ0v) is 12.7. The summed E-state index contributed by atoms with van der Waals surface area (Å²) in [5.41, 5.74) is 8.52. The van der Waals surface area contributed by atoms with Gasteiger partial charge in [-0.1, -0.05) is 36.4 Å². The molecule has 1 aliphatic rings. The lowest BCUT2D eigenvalue weighted by molar-refractivity contribution is -0.127. The molecule has 0 saturated carbocycles. The minimum atomic E-state index is -0.230. The Labute approximate surface area is 134 Å². The van der Waals surface area contributed by atoms with Crippen LogP contribution in [0.5, 0.6) is 0 Å². The van der Waals surface area contributed by atoms with Gasteiger partial charge in [0.2, 0.25) is 5.91 Å². The van der Waals surface area contributed by atoms with E-state index >= 15 is 0 Å². The van der Waals surface area contributed by atoms with E-state index in [1.807, 2.05) is 36.4 Å². The maximum atomic E-state index is 11.3. The summed E-state index contributed by atoms with van der Waals surface area (Å²) in [6.45, 7) is 1.67. The third-order valence-corrected chi connectivity index (χ3v) is 4.48. The smallest absolute Gasteiger partial charge is 0.234 e. The van der Waals surface area contributed by atoms with Gasteiger partial charge in [0.25, 0.3) is 0 Å². The molecule has 1 aromatic heterocycles. The summed E-state index contributed by atoms with van der Waals surface area (Å²) in [6, 6.07) is 18.2. The molecule has 1 saturated heterocycles. The van der Waals surface area contributed by atoms with Crippen molar-refractivity contribution in [3.8, 4) is 11.3 Å².